The van der Waals surface area contributed by atoms with Gasteiger partial charge in [-0.2, -0.15) is 0 Å². The number of thiocarbonyl (C=S) groups is 1. The van der Waals surface area contributed by atoms with Crippen molar-refractivity contribution in [3.05, 3.63) is 35.9 Å². The van der Waals surface area contributed by atoms with Crippen molar-refractivity contribution < 1.29 is 4.79 Å². The number of nitrogens with one attached hydrogen (secondary N) is 1. The highest BCUT2D eigenvalue weighted by Gasteiger charge is 2.23. The van der Waals surface area contributed by atoms with Crippen LogP contribution in [-0.2, 0) is 11.3 Å². The Labute approximate surface area is 125 Å². The number of amides is 1. The number of rotatable bonds is 5. The molecule has 5 heteroatoms. The van der Waals surface area contributed by atoms with Crippen molar-refractivity contribution in [1.82, 2.24) is 10.2 Å². The second kappa shape index (κ2) is 7.36. The lowest BCUT2D eigenvalue weighted by molar-refractivity contribution is -0.122. The highest BCUT2D eigenvalue weighted by Crippen LogP contribution is 2.16. The Kier molecular flexibility index (Phi) is 5.49. The molecule has 1 unspecified atom stereocenters. The Balaban J connectivity index is 1.75. The summed E-state index contributed by atoms with van der Waals surface area (Å²) in [6.45, 7) is 2.74. The van der Waals surface area contributed by atoms with Gasteiger partial charge in [0, 0.05) is 19.0 Å². The van der Waals surface area contributed by atoms with E-state index in [0.717, 1.165) is 31.5 Å². The first-order chi connectivity index (χ1) is 9.65. The van der Waals surface area contributed by atoms with Crippen molar-refractivity contribution in [2.45, 2.75) is 19.4 Å². The van der Waals surface area contributed by atoms with Gasteiger partial charge in [0.2, 0.25) is 5.91 Å². The van der Waals surface area contributed by atoms with Gasteiger partial charge in [0.05, 0.1) is 11.5 Å². The zero-order chi connectivity index (χ0) is 14.4. The highest BCUT2D eigenvalue weighted by molar-refractivity contribution is 7.80. The lowest BCUT2D eigenvalue weighted by atomic mass is 9.98. The number of nitrogens with two attached hydrogens (primary N) is 1. The molecule has 1 amide bonds. The average Bonchev–Trinajstić information content (AvgIpc) is 2.46. The Bertz CT molecular complexity index is 463. The van der Waals surface area contributed by atoms with Gasteiger partial charge in [0.1, 0.15) is 0 Å². The van der Waals surface area contributed by atoms with Crippen LogP contribution in [-0.4, -0.2) is 35.4 Å². The number of carbonyl (C=O) groups excluding carboxylic acids is 1. The summed E-state index contributed by atoms with van der Waals surface area (Å²) in [5, 5.41) is 2.95. The first-order valence-electron chi connectivity index (χ1n) is 6.97. The van der Waals surface area contributed by atoms with Gasteiger partial charge >= 0.3 is 0 Å². The minimum atomic E-state index is 0.0532. The fourth-order valence-electron chi connectivity index (χ4n) is 2.49. The minimum Gasteiger partial charge on any atom is -0.393 e. The van der Waals surface area contributed by atoms with E-state index in [0.29, 0.717) is 18.1 Å². The van der Waals surface area contributed by atoms with Gasteiger partial charge in [0.15, 0.2) is 0 Å². The predicted molar refractivity (Wildman–Crippen MR) is 84.2 cm³/mol. The topological polar surface area (TPSA) is 58.4 Å². The molecule has 1 fully saturated rings. The van der Waals surface area contributed by atoms with Crippen LogP contribution in [0.4, 0.5) is 0 Å². The first kappa shape index (κ1) is 14.9. The SMILES string of the molecule is NC(=S)C1CCCN(CC(=O)NCc2ccccc2)C1. The molecule has 0 saturated carbocycles. The van der Waals surface area contributed by atoms with Crippen LogP contribution in [0.5, 0.6) is 0 Å². The summed E-state index contributed by atoms with van der Waals surface area (Å²) in [5.74, 6) is 0.304. The third-order valence-corrected chi connectivity index (χ3v) is 3.94. The smallest absolute Gasteiger partial charge is 0.234 e. The maximum absolute atomic E-state index is 11.9. The molecular formula is C15H21N3OS. The van der Waals surface area contributed by atoms with E-state index >= 15 is 0 Å². The van der Waals surface area contributed by atoms with Crippen molar-refractivity contribution in [1.29, 1.82) is 0 Å². The summed E-state index contributed by atoms with van der Waals surface area (Å²) in [4.78, 5) is 14.6. The van der Waals surface area contributed by atoms with Crippen LogP contribution < -0.4 is 11.1 Å². The molecule has 108 valence electrons. The van der Waals surface area contributed by atoms with Crippen molar-refractivity contribution in [3.8, 4) is 0 Å². The molecule has 1 aromatic carbocycles. The van der Waals surface area contributed by atoms with E-state index in [-0.39, 0.29) is 11.8 Å². The molecule has 0 bridgehead atoms. The number of hydrogen-bond donors (Lipinski definition) is 2. The maximum Gasteiger partial charge on any atom is 0.234 e. The summed E-state index contributed by atoms with van der Waals surface area (Å²) >= 11 is 5.05. The van der Waals surface area contributed by atoms with Crippen LogP contribution in [0.15, 0.2) is 30.3 Å². The van der Waals surface area contributed by atoms with Crippen LogP contribution in [0.1, 0.15) is 18.4 Å². The third-order valence-electron chi connectivity index (χ3n) is 3.61. The zero-order valence-corrected chi connectivity index (χ0v) is 12.4. The number of likely N-dealkylation sites (tertiary alicyclic amines) is 1. The van der Waals surface area contributed by atoms with Crippen molar-refractivity contribution in [2.75, 3.05) is 19.6 Å². The van der Waals surface area contributed by atoms with E-state index in [1.165, 1.54) is 0 Å². The van der Waals surface area contributed by atoms with Crippen molar-refractivity contribution >= 4 is 23.1 Å². The van der Waals surface area contributed by atoms with Gasteiger partial charge in [-0.15, -0.1) is 0 Å². The molecule has 2 rings (SSSR count). The van der Waals surface area contributed by atoms with E-state index in [2.05, 4.69) is 10.2 Å². The monoisotopic (exact) mass is 291 g/mol. The van der Waals surface area contributed by atoms with E-state index in [4.69, 9.17) is 18.0 Å². The molecule has 20 heavy (non-hydrogen) atoms. The van der Waals surface area contributed by atoms with Gasteiger partial charge in [0.25, 0.3) is 0 Å². The first-order valence-corrected chi connectivity index (χ1v) is 7.38. The standard InChI is InChI=1S/C15H21N3OS/c16-15(20)13-7-4-8-18(10-13)11-14(19)17-9-12-5-2-1-3-6-12/h1-3,5-6,13H,4,7-11H2,(H2,16,20)(H,17,19). The number of nitrogens with zero attached hydrogens (tertiary/aromatic N) is 1. The van der Waals surface area contributed by atoms with Crippen LogP contribution in [0, 0.1) is 5.92 Å². The third kappa shape index (κ3) is 4.58. The summed E-state index contributed by atoms with van der Waals surface area (Å²) in [5.41, 5.74) is 6.81. The molecule has 1 saturated heterocycles. The van der Waals surface area contributed by atoms with Crippen LogP contribution in [0.2, 0.25) is 0 Å². The summed E-state index contributed by atoms with van der Waals surface area (Å²) in [7, 11) is 0. The highest BCUT2D eigenvalue weighted by atomic mass is 32.1. The minimum absolute atomic E-state index is 0.0532. The Morgan fingerprint density at radius 3 is 2.85 bits per heavy atom. The zero-order valence-electron chi connectivity index (χ0n) is 11.5. The van der Waals surface area contributed by atoms with Crippen LogP contribution in [0.3, 0.4) is 0 Å². The second-order valence-electron chi connectivity index (χ2n) is 5.24. The van der Waals surface area contributed by atoms with E-state index < -0.39 is 0 Å². The van der Waals surface area contributed by atoms with Crippen molar-refractivity contribution in [3.63, 3.8) is 0 Å². The summed E-state index contributed by atoms with van der Waals surface area (Å²) in [6.07, 6.45) is 2.09. The van der Waals surface area contributed by atoms with E-state index in [1.807, 2.05) is 30.3 Å². The Morgan fingerprint density at radius 2 is 2.15 bits per heavy atom. The second-order valence-corrected chi connectivity index (χ2v) is 5.71. The molecule has 1 aromatic rings. The van der Waals surface area contributed by atoms with E-state index in [9.17, 15) is 4.79 Å². The van der Waals surface area contributed by atoms with Crippen LogP contribution >= 0.6 is 12.2 Å². The molecule has 0 radical (unpaired) electrons. The fourth-order valence-corrected chi connectivity index (χ4v) is 2.68. The quantitative estimate of drug-likeness (QED) is 0.803. The molecule has 1 atom stereocenters. The molecule has 1 heterocycles. The van der Waals surface area contributed by atoms with Gasteiger partial charge in [-0.05, 0) is 24.9 Å². The number of hydrogen-bond acceptors (Lipinski definition) is 3. The lowest BCUT2D eigenvalue weighted by Gasteiger charge is -2.31. The molecular weight excluding hydrogens is 270 g/mol. The maximum atomic E-state index is 11.9. The molecule has 1 aliphatic heterocycles. The lowest BCUT2D eigenvalue weighted by Crippen LogP contribution is -2.45. The predicted octanol–water partition coefficient (Wildman–Crippen LogP) is 1.30. The van der Waals surface area contributed by atoms with Gasteiger partial charge < -0.3 is 11.1 Å². The summed E-state index contributed by atoms with van der Waals surface area (Å²) in [6, 6.07) is 9.92. The van der Waals surface area contributed by atoms with Gasteiger partial charge in [-0.1, -0.05) is 42.5 Å². The summed E-state index contributed by atoms with van der Waals surface area (Å²) < 4.78 is 0. The fraction of sp³-hybridized carbons (Fsp3) is 0.467. The number of benzene rings is 1. The average molecular weight is 291 g/mol. The van der Waals surface area contributed by atoms with Gasteiger partial charge in [-0.3, -0.25) is 9.69 Å². The molecule has 3 N–H and O–H groups in total. The van der Waals surface area contributed by atoms with Crippen LogP contribution in [0.25, 0.3) is 0 Å². The Morgan fingerprint density at radius 1 is 1.40 bits per heavy atom. The molecule has 0 spiro atoms. The number of piperidine rings is 1. The Hall–Kier alpha value is -1.46. The molecule has 0 aliphatic carbocycles. The van der Waals surface area contributed by atoms with E-state index in [1.54, 1.807) is 0 Å². The molecule has 4 nitrogen and oxygen atoms in total. The largest absolute Gasteiger partial charge is 0.393 e. The van der Waals surface area contributed by atoms with Gasteiger partial charge in [-0.25, -0.2) is 0 Å². The normalized spacial score (nSPS) is 19.5. The number of carbonyl (C=O) groups is 1. The van der Waals surface area contributed by atoms with Crippen molar-refractivity contribution in [2.24, 2.45) is 11.7 Å². The molecule has 0 aromatic heterocycles. The molecule has 1 aliphatic rings.